The van der Waals surface area contributed by atoms with Crippen molar-refractivity contribution in [3.05, 3.63) is 71.6 Å². The Morgan fingerprint density at radius 1 is 1.09 bits per heavy atom. The van der Waals surface area contributed by atoms with Crippen molar-refractivity contribution in [3.8, 4) is 0 Å². The van der Waals surface area contributed by atoms with E-state index in [9.17, 15) is 4.79 Å². The minimum atomic E-state index is -0.401. The van der Waals surface area contributed by atoms with Gasteiger partial charge in [-0.3, -0.25) is 0 Å². The van der Waals surface area contributed by atoms with Crippen LogP contribution in [0.5, 0.6) is 0 Å². The molecule has 0 saturated heterocycles. The Morgan fingerprint density at radius 3 is 2.39 bits per heavy atom. The summed E-state index contributed by atoms with van der Waals surface area (Å²) in [6.45, 7) is 2.12. The van der Waals surface area contributed by atoms with Gasteiger partial charge in [0.05, 0.1) is 18.0 Å². The van der Waals surface area contributed by atoms with E-state index in [2.05, 4.69) is 5.10 Å². The fourth-order valence-electron chi connectivity index (χ4n) is 2.18. The predicted octanol–water partition coefficient (Wildman–Crippen LogP) is 4.12. The molecule has 0 aliphatic carbocycles. The molecule has 4 nitrogen and oxygen atoms in total. The molecule has 1 aliphatic rings. The molecule has 0 spiro atoms. The lowest BCUT2D eigenvalue weighted by atomic mass is 10.1. The molecule has 0 N–H and O–H groups in total. The monoisotopic (exact) mass is 324 g/mol. The zero-order valence-electron chi connectivity index (χ0n) is 12.7. The number of rotatable bonds is 4. The van der Waals surface area contributed by atoms with Gasteiger partial charge in [-0.1, -0.05) is 60.3 Å². The number of benzene rings is 2. The van der Waals surface area contributed by atoms with Crippen LogP contribution in [0.1, 0.15) is 12.5 Å². The van der Waals surface area contributed by atoms with Crippen LogP contribution in [0.2, 0.25) is 0 Å². The third-order valence-corrected chi connectivity index (χ3v) is 4.03. The number of anilines is 1. The van der Waals surface area contributed by atoms with Crippen molar-refractivity contribution in [2.45, 2.75) is 6.92 Å². The number of hydrogen-bond donors (Lipinski definition) is 0. The standard InChI is InChI=1S/C18H16N2O2S/c1-2-22-18(21)17-19-20(15-11-7-4-8-12-15)16(13-23-17)14-9-5-3-6-10-14/h3-13H,2H2,1H3. The van der Waals surface area contributed by atoms with Gasteiger partial charge in [-0.2, -0.15) is 5.10 Å². The molecule has 23 heavy (non-hydrogen) atoms. The molecular formula is C18H16N2O2S. The Bertz CT molecular complexity index is 742. The summed E-state index contributed by atoms with van der Waals surface area (Å²) in [5, 5.41) is 8.54. The summed E-state index contributed by atoms with van der Waals surface area (Å²) in [7, 11) is 0. The molecule has 2 aromatic rings. The summed E-state index contributed by atoms with van der Waals surface area (Å²) in [5.41, 5.74) is 2.86. The van der Waals surface area contributed by atoms with Gasteiger partial charge in [0, 0.05) is 11.0 Å². The van der Waals surface area contributed by atoms with Crippen molar-refractivity contribution in [1.82, 2.24) is 0 Å². The van der Waals surface area contributed by atoms with Gasteiger partial charge in [0.25, 0.3) is 0 Å². The molecule has 0 aromatic heterocycles. The smallest absolute Gasteiger partial charge is 0.365 e. The molecule has 0 bridgehead atoms. The number of nitrogens with zero attached hydrogens (tertiary/aromatic N) is 2. The van der Waals surface area contributed by atoms with Crippen LogP contribution in [0.15, 0.2) is 71.2 Å². The van der Waals surface area contributed by atoms with E-state index >= 15 is 0 Å². The van der Waals surface area contributed by atoms with E-state index in [1.165, 1.54) is 11.8 Å². The van der Waals surface area contributed by atoms with E-state index < -0.39 is 5.97 Å². The quantitative estimate of drug-likeness (QED) is 0.794. The van der Waals surface area contributed by atoms with Crippen LogP contribution in [-0.2, 0) is 9.53 Å². The van der Waals surface area contributed by atoms with Crippen LogP contribution in [0.25, 0.3) is 5.70 Å². The second-order valence-electron chi connectivity index (χ2n) is 4.76. The first-order chi connectivity index (χ1) is 11.3. The molecule has 0 amide bonds. The Hall–Kier alpha value is -2.53. The molecule has 0 fully saturated rings. The number of carbonyl (C=O) groups excluding carboxylic acids is 1. The molecule has 0 atom stereocenters. The van der Waals surface area contributed by atoms with Gasteiger partial charge in [0.1, 0.15) is 0 Å². The molecule has 1 aliphatic heterocycles. The number of thioether (sulfide) groups is 1. The van der Waals surface area contributed by atoms with Gasteiger partial charge in [-0.25, -0.2) is 9.80 Å². The SMILES string of the molecule is CCOC(=O)C1=NN(c2ccccc2)C(c2ccccc2)=CS1. The highest BCUT2D eigenvalue weighted by molar-refractivity contribution is 8.18. The van der Waals surface area contributed by atoms with Gasteiger partial charge < -0.3 is 4.74 Å². The summed E-state index contributed by atoms with van der Waals surface area (Å²) < 4.78 is 5.06. The molecule has 116 valence electrons. The van der Waals surface area contributed by atoms with Crippen molar-refractivity contribution in [1.29, 1.82) is 0 Å². The Kier molecular flexibility index (Phi) is 4.78. The molecule has 0 radical (unpaired) electrons. The van der Waals surface area contributed by atoms with Crippen LogP contribution in [0.3, 0.4) is 0 Å². The van der Waals surface area contributed by atoms with Crippen LogP contribution < -0.4 is 5.01 Å². The molecule has 5 heteroatoms. The summed E-state index contributed by atoms with van der Waals surface area (Å²) >= 11 is 1.28. The molecular weight excluding hydrogens is 308 g/mol. The van der Waals surface area contributed by atoms with E-state index in [4.69, 9.17) is 4.74 Å². The number of hydrogen-bond acceptors (Lipinski definition) is 5. The lowest BCUT2D eigenvalue weighted by Gasteiger charge is -2.26. The predicted molar refractivity (Wildman–Crippen MR) is 95.0 cm³/mol. The van der Waals surface area contributed by atoms with Crippen molar-refractivity contribution < 1.29 is 9.53 Å². The van der Waals surface area contributed by atoms with Gasteiger partial charge >= 0.3 is 5.97 Å². The van der Waals surface area contributed by atoms with E-state index in [1.807, 2.05) is 66.1 Å². The molecule has 3 rings (SSSR count). The summed E-state index contributed by atoms with van der Waals surface area (Å²) in [6, 6.07) is 19.7. The fourth-order valence-corrected chi connectivity index (χ4v) is 2.92. The number of ether oxygens (including phenoxy) is 1. The van der Waals surface area contributed by atoms with Crippen LogP contribution >= 0.6 is 11.8 Å². The molecule has 2 aromatic carbocycles. The van der Waals surface area contributed by atoms with Gasteiger partial charge in [-0.15, -0.1) is 0 Å². The number of carbonyl (C=O) groups is 1. The second-order valence-corrected chi connectivity index (χ2v) is 5.62. The van der Waals surface area contributed by atoms with E-state index in [0.717, 1.165) is 16.9 Å². The van der Waals surface area contributed by atoms with Gasteiger partial charge in [-0.05, 0) is 19.1 Å². The second kappa shape index (κ2) is 7.15. The normalized spacial score (nSPS) is 14.0. The van der Waals surface area contributed by atoms with Crippen molar-refractivity contribution in [2.75, 3.05) is 11.6 Å². The third kappa shape index (κ3) is 3.46. The maximum atomic E-state index is 12.0. The van der Waals surface area contributed by atoms with Crippen molar-refractivity contribution in [3.63, 3.8) is 0 Å². The highest BCUT2D eigenvalue weighted by atomic mass is 32.2. The number of esters is 1. The average Bonchev–Trinajstić information content (AvgIpc) is 2.63. The Labute approximate surface area is 139 Å². The first-order valence-electron chi connectivity index (χ1n) is 7.32. The first kappa shape index (κ1) is 15.4. The zero-order valence-corrected chi connectivity index (χ0v) is 13.5. The van der Waals surface area contributed by atoms with Gasteiger partial charge in [0.2, 0.25) is 5.04 Å². The van der Waals surface area contributed by atoms with Crippen LogP contribution in [0.4, 0.5) is 5.69 Å². The summed E-state index contributed by atoms with van der Waals surface area (Å²) in [4.78, 5) is 12.0. The first-order valence-corrected chi connectivity index (χ1v) is 8.20. The minimum absolute atomic E-state index is 0.329. The largest absolute Gasteiger partial charge is 0.461 e. The molecule has 1 heterocycles. The summed E-state index contributed by atoms with van der Waals surface area (Å²) in [6.07, 6.45) is 0. The lowest BCUT2D eigenvalue weighted by molar-refractivity contribution is -0.134. The van der Waals surface area contributed by atoms with Crippen LogP contribution in [-0.4, -0.2) is 17.6 Å². The maximum Gasteiger partial charge on any atom is 0.365 e. The summed E-state index contributed by atoms with van der Waals surface area (Å²) in [5.74, 6) is -0.401. The van der Waals surface area contributed by atoms with Crippen molar-refractivity contribution >= 4 is 34.2 Å². The van der Waals surface area contributed by atoms with E-state index in [-0.39, 0.29) is 0 Å². The zero-order chi connectivity index (χ0) is 16.1. The van der Waals surface area contributed by atoms with E-state index in [0.29, 0.717) is 11.7 Å². The average molecular weight is 324 g/mol. The number of hydrazone groups is 1. The molecule has 0 unspecified atom stereocenters. The third-order valence-electron chi connectivity index (χ3n) is 3.22. The van der Waals surface area contributed by atoms with Crippen LogP contribution in [0, 0.1) is 0 Å². The highest BCUT2D eigenvalue weighted by Crippen LogP contribution is 2.33. The van der Waals surface area contributed by atoms with Crippen molar-refractivity contribution in [2.24, 2.45) is 5.10 Å². The fraction of sp³-hybridized carbons (Fsp3) is 0.111. The lowest BCUT2D eigenvalue weighted by Crippen LogP contribution is -2.24. The Morgan fingerprint density at radius 2 is 1.74 bits per heavy atom. The number of para-hydroxylation sites is 1. The highest BCUT2D eigenvalue weighted by Gasteiger charge is 2.23. The maximum absolute atomic E-state index is 12.0. The topological polar surface area (TPSA) is 41.9 Å². The van der Waals surface area contributed by atoms with E-state index in [1.54, 1.807) is 11.9 Å². The van der Waals surface area contributed by atoms with Gasteiger partial charge in [0.15, 0.2) is 0 Å². The Balaban J connectivity index is 1.99. The molecule has 0 saturated carbocycles. The minimum Gasteiger partial charge on any atom is -0.461 e.